The second-order valence-electron chi connectivity index (χ2n) is 4.65. The van der Waals surface area contributed by atoms with Crippen LogP contribution in [0.3, 0.4) is 0 Å². The van der Waals surface area contributed by atoms with Crippen molar-refractivity contribution in [3.63, 3.8) is 0 Å². The van der Waals surface area contributed by atoms with Crippen LogP contribution in [0.4, 0.5) is 0 Å². The van der Waals surface area contributed by atoms with E-state index in [0.29, 0.717) is 0 Å². The van der Waals surface area contributed by atoms with E-state index in [4.69, 9.17) is 4.42 Å². The van der Waals surface area contributed by atoms with Crippen molar-refractivity contribution in [1.29, 1.82) is 0 Å². The Labute approximate surface area is 143 Å². The Hall–Kier alpha value is -2.64. The smallest absolute Gasteiger partial charge is 0.238 e. The molecule has 1 aromatic heterocycles. The molecular formula is C15H10O7Ti. The molecule has 0 aliphatic rings. The molecule has 0 fully saturated rings. The Morgan fingerprint density at radius 2 is 1.52 bits per heavy atom. The van der Waals surface area contributed by atoms with Crippen molar-refractivity contribution in [3.05, 3.63) is 40.6 Å². The van der Waals surface area contributed by atoms with Crippen LogP contribution in [0, 0.1) is 0 Å². The number of phenolic OH excluding ortho intramolecular Hbond substituents is 4. The van der Waals surface area contributed by atoms with Crippen molar-refractivity contribution in [3.8, 4) is 40.1 Å². The van der Waals surface area contributed by atoms with E-state index < -0.39 is 22.7 Å². The molecule has 0 aliphatic heterocycles. The normalized spacial score (nSPS) is 10.4. The Morgan fingerprint density at radius 1 is 0.826 bits per heavy atom. The third kappa shape index (κ3) is 2.72. The van der Waals surface area contributed by atoms with Gasteiger partial charge in [-0.15, -0.1) is 0 Å². The molecule has 3 aromatic rings. The maximum atomic E-state index is 12.1. The molecule has 0 spiro atoms. The summed E-state index contributed by atoms with van der Waals surface area (Å²) in [5, 5.41) is 47.6. The van der Waals surface area contributed by atoms with Crippen LogP contribution in [0.25, 0.3) is 22.3 Å². The van der Waals surface area contributed by atoms with E-state index >= 15 is 0 Å². The quantitative estimate of drug-likeness (QED) is 0.335. The third-order valence-corrected chi connectivity index (χ3v) is 3.17. The minimum atomic E-state index is -0.888. The van der Waals surface area contributed by atoms with Gasteiger partial charge in [-0.1, -0.05) is 0 Å². The summed E-state index contributed by atoms with van der Waals surface area (Å²) < 4.78 is 5.35. The van der Waals surface area contributed by atoms with Crippen LogP contribution in [0.5, 0.6) is 28.7 Å². The number of phenols is 4. The van der Waals surface area contributed by atoms with Gasteiger partial charge in [-0.2, -0.15) is 0 Å². The van der Waals surface area contributed by atoms with E-state index in [0.717, 1.165) is 24.3 Å². The molecule has 116 valence electrons. The van der Waals surface area contributed by atoms with Crippen LogP contribution < -0.4 is 5.43 Å². The third-order valence-electron chi connectivity index (χ3n) is 3.17. The van der Waals surface area contributed by atoms with Gasteiger partial charge in [0.15, 0.2) is 17.3 Å². The zero-order valence-corrected chi connectivity index (χ0v) is 13.0. The molecule has 0 amide bonds. The SMILES string of the molecule is O=c1c(O)c(-c2ccc(O)c(O)c2)oc2cc(O)cc(O)c12.[Ti]. The number of benzene rings is 2. The Balaban J connectivity index is 0.00000192. The van der Waals surface area contributed by atoms with Gasteiger partial charge in [0, 0.05) is 39.4 Å². The number of rotatable bonds is 1. The first-order valence-corrected chi connectivity index (χ1v) is 6.12. The van der Waals surface area contributed by atoms with Crippen molar-refractivity contribution >= 4 is 11.0 Å². The predicted octanol–water partition coefficient (Wildman–Crippen LogP) is 1.99. The molecule has 0 radical (unpaired) electrons. The average molecular weight is 350 g/mol. The van der Waals surface area contributed by atoms with Gasteiger partial charge < -0.3 is 29.9 Å². The zero-order chi connectivity index (χ0) is 16.0. The molecule has 1 heterocycles. The summed E-state index contributed by atoms with van der Waals surface area (Å²) in [6.45, 7) is 0. The molecule has 0 bridgehead atoms. The molecule has 5 N–H and O–H groups in total. The van der Waals surface area contributed by atoms with E-state index in [1.54, 1.807) is 0 Å². The molecule has 0 atom stereocenters. The molecule has 23 heavy (non-hydrogen) atoms. The van der Waals surface area contributed by atoms with Gasteiger partial charge in [0.05, 0.1) is 0 Å². The summed E-state index contributed by atoms with van der Waals surface area (Å²) in [5.41, 5.74) is -0.890. The average Bonchev–Trinajstić information content (AvgIpc) is 2.45. The minimum Gasteiger partial charge on any atom is -0.508 e. The fraction of sp³-hybridized carbons (Fsp3) is 0. The fourth-order valence-electron chi connectivity index (χ4n) is 2.14. The van der Waals surface area contributed by atoms with Gasteiger partial charge in [-0.05, 0) is 18.2 Å². The number of aromatic hydroxyl groups is 5. The van der Waals surface area contributed by atoms with E-state index in [1.807, 2.05) is 0 Å². The predicted molar refractivity (Wildman–Crippen MR) is 76.2 cm³/mol. The molecule has 2 aromatic carbocycles. The van der Waals surface area contributed by atoms with Crippen LogP contribution in [-0.2, 0) is 21.7 Å². The zero-order valence-electron chi connectivity index (χ0n) is 11.4. The minimum absolute atomic E-state index is 0. The Kier molecular flexibility index (Phi) is 4.27. The summed E-state index contributed by atoms with van der Waals surface area (Å²) in [6.07, 6.45) is 0. The number of fused-ring (bicyclic) bond motifs is 1. The van der Waals surface area contributed by atoms with Gasteiger partial charge >= 0.3 is 0 Å². The van der Waals surface area contributed by atoms with Crippen molar-refractivity contribution < 1.29 is 51.7 Å². The molecule has 7 nitrogen and oxygen atoms in total. The van der Waals surface area contributed by atoms with Crippen LogP contribution in [0.2, 0.25) is 0 Å². The number of hydrogen-bond acceptors (Lipinski definition) is 7. The number of hydrogen-bond donors (Lipinski definition) is 5. The molecule has 3 rings (SSSR count). The molecular weight excluding hydrogens is 340 g/mol. The van der Waals surface area contributed by atoms with E-state index in [-0.39, 0.29) is 55.5 Å². The van der Waals surface area contributed by atoms with Crippen molar-refractivity contribution in [2.24, 2.45) is 0 Å². The van der Waals surface area contributed by atoms with E-state index in [9.17, 15) is 30.3 Å². The monoisotopic (exact) mass is 350 g/mol. The van der Waals surface area contributed by atoms with Crippen molar-refractivity contribution in [2.75, 3.05) is 0 Å². The van der Waals surface area contributed by atoms with Crippen LogP contribution >= 0.6 is 0 Å². The molecule has 0 saturated heterocycles. The maximum Gasteiger partial charge on any atom is 0.238 e. The first-order chi connectivity index (χ1) is 10.4. The fourth-order valence-corrected chi connectivity index (χ4v) is 2.14. The second kappa shape index (κ2) is 5.87. The largest absolute Gasteiger partial charge is 0.508 e. The molecule has 0 unspecified atom stereocenters. The van der Waals surface area contributed by atoms with Gasteiger partial charge in [0.25, 0.3) is 0 Å². The van der Waals surface area contributed by atoms with Crippen LogP contribution in [0.1, 0.15) is 0 Å². The van der Waals surface area contributed by atoms with Crippen LogP contribution in [-0.4, -0.2) is 25.5 Å². The maximum absolute atomic E-state index is 12.1. The molecule has 0 aliphatic carbocycles. The standard InChI is InChI=1S/C15H10O7.Ti/c16-7-4-10(19)12-11(5-7)22-15(14(21)13(12)20)6-1-2-8(17)9(18)3-6;/h1-5,16-19,21H;. The Morgan fingerprint density at radius 3 is 2.17 bits per heavy atom. The van der Waals surface area contributed by atoms with Gasteiger partial charge in [-0.25, -0.2) is 0 Å². The second-order valence-corrected chi connectivity index (χ2v) is 4.65. The van der Waals surface area contributed by atoms with Gasteiger partial charge in [0.2, 0.25) is 11.2 Å². The summed E-state index contributed by atoms with van der Waals surface area (Å²) in [4.78, 5) is 12.1. The van der Waals surface area contributed by atoms with Crippen molar-refractivity contribution in [1.82, 2.24) is 0 Å². The molecule has 8 heteroatoms. The molecule has 0 saturated carbocycles. The van der Waals surface area contributed by atoms with Gasteiger partial charge in [-0.3, -0.25) is 4.79 Å². The summed E-state index contributed by atoms with van der Waals surface area (Å²) in [7, 11) is 0. The summed E-state index contributed by atoms with van der Waals surface area (Å²) in [5.74, 6) is -2.71. The first-order valence-electron chi connectivity index (χ1n) is 6.12. The Bertz CT molecular complexity index is 962. The van der Waals surface area contributed by atoms with E-state index in [2.05, 4.69) is 0 Å². The van der Waals surface area contributed by atoms with Crippen LogP contribution in [0.15, 0.2) is 39.5 Å². The first kappa shape index (κ1) is 16.7. The van der Waals surface area contributed by atoms with E-state index in [1.165, 1.54) is 6.07 Å². The van der Waals surface area contributed by atoms with Crippen molar-refractivity contribution in [2.45, 2.75) is 0 Å². The van der Waals surface area contributed by atoms with Gasteiger partial charge in [0.1, 0.15) is 22.5 Å². The topological polar surface area (TPSA) is 131 Å². The summed E-state index contributed by atoms with van der Waals surface area (Å²) >= 11 is 0. The summed E-state index contributed by atoms with van der Waals surface area (Å²) in [6, 6.07) is 5.64.